The number of aldehydes is 1. The highest BCUT2D eigenvalue weighted by molar-refractivity contribution is 5.96. The molecule has 0 aromatic carbocycles. The summed E-state index contributed by atoms with van der Waals surface area (Å²) in [7, 11) is 0. The average Bonchev–Trinajstić information content (AvgIpc) is 2.59. The van der Waals surface area contributed by atoms with Gasteiger partial charge in [-0.2, -0.15) is 0 Å². The van der Waals surface area contributed by atoms with Crippen LogP contribution in [0.3, 0.4) is 0 Å². The first-order valence-corrected chi connectivity index (χ1v) is 7.78. The quantitative estimate of drug-likeness (QED) is 0.323. The van der Waals surface area contributed by atoms with Crippen LogP contribution in [0.1, 0.15) is 36.1 Å². The largest absolute Gasteiger partial charge is 0.395 e. The van der Waals surface area contributed by atoms with Crippen LogP contribution in [0.2, 0.25) is 0 Å². The number of hydrogen-bond donors (Lipinski definition) is 0. The van der Waals surface area contributed by atoms with Crippen molar-refractivity contribution in [1.29, 1.82) is 0 Å². The first kappa shape index (κ1) is 17.5. The van der Waals surface area contributed by atoms with Crippen molar-refractivity contribution in [1.82, 2.24) is 9.97 Å². The predicted molar refractivity (Wildman–Crippen MR) is 94.8 cm³/mol. The molecule has 0 aliphatic heterocycles. The van der Waals surface area contributed by atoms with Crippen LogP contribution in [0.5, 0.6) is 0 Å². The lowest BCUT2D eigenvalue weighted by Crippen LogP contribution is -2.02. The van der Waals surface area contributed by atoms with Gasteiger partial charge in [0.15, 0.2) is 0 Å². The van der Waals surface area contributed by atoms with Gasteiger partial charge >= 0.3 is 0 Å². The Bertz CT molecular complexity index is 754. The van der Waals surface area contributed by atoms with E-state index < -0.39 is 0 Å². The van der Waals surface area contributed by atoms with Crippen molar-refractivity contribution in [3.8, 4) is 0 Å². The zero-order valence-electron chi connectivity index (χ0n) is 14.0. The molecule has 0 saturated heterocycles. The standard InChI is InChI=1S/C19H21N3O2/c1-14(18-8-5-7-17(21-18)10-12-23)11-13-24-22-16(3)19-9-4-6-15(2)20-19/h4-9,12H,1,10-11,13H2,2-3H3/b22-16+. The summed E-state index contributed by atoms with van der Waals surface area (Å²) in [5, 5.41) is 4.09. The Labute approximate surface area is 142 Å². The van der Waals surface area contributed by atoms with Gasteiger partial charge in [0.05, 0.1) is 11.4 Å². The summed E-state index contributed by atoms with van der Waals surface area (Å²) in [5.41, 5.74) is 4.84. The number of aromatic nitrogens is 2. The van der Waals surface area contributed by atoms with Gasteiger partial charge in [0, 0.05) is 24.2 Å². The van der Waals surface area contributed by atoms with E-state index in [0.29, 0.717) is 19.4 Å². The Morgan fingerprint density at radius 3 is 2.71 bits per heavy atom. The molecular formula is C19H21N3O2. The third-order valence-electron chi connectivity index (χ3n) is 3.42. The molecule has 2 rings (SSSR count). The van der Waals surface area contributed by atoms with E-state index in [2.05, 4.69) is 21.7 Å². The molecule has 0 aliphatic carbocycles. The average molecular weight is 323 g/mol. The molecular weight excluding hydrogens is 302 g/mol. The summed E-state index contributed by atoms with van der Waals surface area (Å²) < 4.78 is 0. The van der Waals surface area contributed by atoms with Crippen LogP contribution in [0, 0.1) is 6.92 Å². The van der Waals surface area contributed by atoms with Gasteiger partial charge < -0.3 is 9.63 Å². The molecule has 0 saturated carbocycles. The molecule has 0 spiro atoms. The van der Waals surface area contributed by atoms with Crippen molar-refractivity contribution in [2.45, 2.75) is 26.7 Å². The SMILES string of the molecule is C=C(CCO/N=C(\C)c1cccc(C)n1)c1cccc(CC=O)n1. The highest BCUT2D eigenvalue weighted by Gasteiger charge is 2.04. The number of hydrogen-bond acceptors (Lipinski definition) is 5. The van der Waals surface area contributed by atoms with Gasteiger partial charge in [0.25, 0.3) is 0 Å². The molecule has 124 valence electrons. The lowest BCUT2D eigenvalue weighted by Gasteiger charge is -2.06. The van der Waals surface area contributed by atoms with E-state index in [1.54, 1.807) is 0 Å². The highest BCUT2D eigenvalue weighted by Crippen LogP contribution is 2.14. The highest BCUT2D eigenvalue weighted by atomic mass is 16.6. The molecule has 5 heteroatoms. The fourth-order valence-corrected chi connectivity index (χ4v) is 2.11. The van der Waals surface area contributed by atoms with Crippen LogP contribution in [0.15, 0.2) is 48.1 Å². The van der Waals surface area contributed by atoms with E-state index in [-0.39, 0.29) is 0 Å². The number of rotatable bonds is 8. The van der Waals surface area contributed by atoms with Crippen molar-refractivity contribution < 1.29 is 9.63 Å². The second-order valence-electron chi connectivity index (χ2n) is 5.41. The molecule has 24 heavy (non-hydrogen) atoms. The van der Waals surface area contributed by atoms with E-state index >= 15 is 0 Å². The minimum Gasteiger partial charge on any atom is -0.395 e. The van der Waals surface area contributed by atoms with Gasteiger partial charge in [-0.15, -0.1) is 0 Å². The normalized spacial score (nSPS) is 11.2. The minimum absolute atomic E-state index is 0.310. The molecule has 0 fully saturated rings. The molecule has 0 N–H and O–H groups in total. The molecule has 2 heterocycles. The molecule has 0 atom stereocenters. The van der Waals surface area contributed by atoms with Crippen molar-refractivity contribution in [3.63, 3.8) is 0 Å². The molecule has 0 unspecified atom stereocenters. The van der Waals surface area contributed by atoms with Crippen LogP contribution in [0.4, 0.5) is 0 Å². The summed E-state index contributed by atoms with van der Waals surface area (Å²) in [5.74, 6) is 0. The smallest absolute Gasteiger partial charge is 0.125 e. The third kappa shape index (κ3) is 5.12. The molecule has 0 bridgehead atoms. The number of aryl methyl sites for hydroxylation is 1. The Hall–Kier alpha value is -2.82. The van der Waals surface area contributed by atoms with E-state index in [9.17, 15) is 4.79 Å². The van der Waals surface area contributed by atoms with Crippen molar-refractivity contribution in [3.05, 3.63) is 65.8 Å². The fourth-order valence-electron chi connectivity index (χ4n) is 2.11. The van der Waals surface area contributed by atoms with E-state index in [4.69, 9.17) is 4.84 Å². The molecule has 0 radical (unpaired) electrons. The summed E-state index contributed by atoms with van der Waals surface area (Å²) >= 11 is 0. The number of carbonyl (C=O) groups excluding carboxylic acids is 1. The van der Waals surface area contributed by atoms with Crippen molar-refractivity contribution in [2.24, 2.45) is 5.16 Å². The third-order valence-corrected chi connectivity index (χ3v) is 3.42. The van der Waals surface area contributed by atoms with Crippen molar-refractivity contribution >= 4 is 17.6 Å². The Morgan fingerprint density at radius 1 is 1.21 bits per heavy atom. The maximum atomic E-state index is 10.6. The number of nitrogens with zero attached hydrogens (tertiary/aromatic N) is 3. The Morgan fingerprint density at radius 2 is 1.96 bits per heavy atom. The number of oxime groups is 1. The van der Waals surface area contributed by atoms with Crippen LogP contribution < -0.4 is 0 Å². The van der Waals surface area contributed by atoms with Crippen LogP contribution in [-0.2, 0) is 16.1 Å². The number of pyridine rings is 2. The van der Waals surface area contributed by atoms with Gasteiger partial charge in [0.1, 0.15) is 18.6 Å². The second-order valence-corrected chi connectivity index (χ2v) is 5.41. The molecule has 5 nitrogen and oxygen atoms in total. The number of carbonyl (C=O) groups is 1. The van der Waals surface area contributed by atoms with E-state index in [1.165, 1.54) is 0 Å². The van der Waals surface area contributed by atoms with Gasteiger partial charge in [0.2, 0.25) is 0 Å². The fraction of sp³-hybridized carbons (Fsp3) is 0.263. The van der Waals surface area contributed by atoms with Gasteiger partial charge in [-0.1, -0.05) is 23.9 Å². The summed E-state index contributed by atoms with van der Waals surface area (Å²) in [6.45, 7) is 8.23. The predicted octanol–water partition coefficient (Wildman–Crippen LogP) is 3.37. The zero-order chi connectivity index (χ0) is 17.4. The molecule has 0 amide bonds. The maximum absolute atomic E-state index is 10.6. The summed E-state index contributed by atoms with van der Waals surface area (Å²) in [6.07, 6.45) is 1.76. The second kappa shape index (κ2) is 8.72. The summed E-state index contributed by atoms with van der Waals surface area (Å²) in [6, 6.07) is 11.4. The molecule has 2 aromatic rings. The molecule has 0 aliphatic rings. The zero-order valence-corrected chi connectivity index (χ0v) is 14.0. The summed E-state index contributed by atoms with van der Waals surface area (Å²) in [4.78, 5) is 24.7. The minimum atomic E-state index is 0.310. The van der Waals surface area contributed by atoms with Gasteiger partial charge in [-0.05, 0) is 43.7 Å². The maximum Gasteiger partial charge on any atom is 0.125 e. The lowest BCUT2D eigenvalue weighted by molar-refractivity contribution is -0.107. The van der Waals surface area contributed by atoms with Crippen molar-refractivity contribution in [2.75, 3.05) is 6.61 Å². The topological polar surface area (TPSA) is 64.4 Å². The van der Waals surface area contributed by atoms with Gasteiger partial charge in [-0.3, -0.25) is 9.97 Å². The molecule has 2 aromatic heterocycles. The lowest BCUT2D eigenvalue weighted by atomic mass is 10.1. The Balaban J connectivity index is 1.87. The van der Waals surface area contributed by atoms with Crippen LogP contribution in [0.25, 0.3) is 5.57 Å². The van der Waals surface area contributed by atoms with E-state index in [1.807, 2.05) is 50.2 Å². The Kier molecular flexibility index (Phi) is 6.37. The van der Waals surface area contributed by atoms with Gasteiger partial charge in [-0.25, -0.2) is 0 Å². The first-order valence-electron chi connectivity index (χ1n) is 7.78. The van der Waals surface area contributed by atoms with Crippen LogP contribution >= 0.6 is 0 Å². The van der Waals surface area contributed by atoms with Crippen LogP contribution in [-0.4, -0.2) is 28.6 Å². The monoisotopic (exact) mass is 323 g/mol. The van der Waals surface area contributed by atoms with E-state index in [0.717, 1.165) is 40.3 Å². The first-order chi connectivity index (χ1) is 11.6.